The predicted octanol–water partition coefficient (Wildman–Crippen LogP) is 6.99. The van der Waals surface area contributed by atoms with Crippen molar-refractivity contribution in [2.45, 2.75) is 60.3 Å². The number of rotatable bonds is 14. The molecule has 3 fully saturated rings. The lowest BCUT2D eigenvalue weighted by Gasteiger charge is -2.37. The number of methoxy groups -OCH3 is 2. The van der Waals surface area contributed by atoms with Crippen LogP contribution in [0.3, 0.4) is 0 Å². The molecule has 13 nitrogen and oxygen atoms in total. The van der Waals surface area contributed by atoms with Crippen molar-refractivity contribution >= 4 is 29.4 Å². The van der Waals surface area contributed by atoms with E-state index in [9.17, 15) is 13.2 Å². The third-order valence-corrected chi connectivity index (χ3v) is 15.1. The Morgan fingerprint density at radius 2 is 1.49 bits per heavy atom. The van der Waals surface area contributed by atoms with Crippen LogP contribution < -0.4 is 15.0 Å². The molecule has 0 unspecified atom stereocenters. The highest BCUT2D eigenvalue weighted by Crippen LogP contribution is 2.58. The van der Waals surface area contributed by atoms with Crippen LogP contribution in [0.15, 0.2) is 137 Å². The molecule has 3 aliphatic rings. The summed E-state index contributed by atoms with van der Waals surface area (Å²) in [5.41, 5.74) is 1.76. The van der Waals surface area contributed by atoms with E-state index in [4.69, 9.17) is 28.0 Å². The molecule has 4 aromatic carbocycles. The van der Waals surface area contributed by atoms with Crippen LogP contribution in [0.2, 0.25) is 0 Å². The number of ether oxygens (including phenoxy) is 4. The van der Waals surface area contributed by atoms with Gasteiger partial charge in [0.1, 0.15) is 35.1 Å². The molecule has 0 spiro atoms. The fourth-order valence-electron chi connectivity index (χ4n) is 8.52. The minimum atomic E-state index is -3.62. The molecule has 3 aliphatic heterocycles. The predicted molar refractivity (Wildman–Crippen MR) is 222 cm³/mol. The third kappa shape index (κ3) is 7.59. The molecule has 5 heterocycles. The molecule has 15 heteroatoms. The molecule has 6 aromatic rings. The summed E-state index contributed by atoms with van der Waals surface area (Å²) in [7, 11) is -2.00. The summed E-state index contributed by atoms with van der Waals surface area (Å²) in [6.45, 7) is 0.817. The molecule has 59 heavy (non-hydrogen) atoms. The number of benzene rings is 4. The van der Waals surface area contributed by atoms with Gasteiger partial charge in [0.25, 0.3) is 14.1 Å². The Morgan fingerprint density at radius 1 is 0.847 bits per heavy atom. The maximum absolute atomic E-state index is 13.6. The van der Waals surface area contributed by atoms with Crippen LogP contribution in [-0.2, 0) is 34.0 Å². The molecular weight excluding hydrogens is 792 g/mol. The number of H-pyrrole nitrogens is 1. The summed E-state index contributed by atoms with van der Waals surface area (Å²) in [4.78, 5) is 20.1. The van der Waals surface area contributed by atoms with Gasteiger partial charge in [-0.3, -0.25) is 4.79 Å². The lowest BCUT2D eigenvalue weighted by atomic mass is 9.80. The highest BCUT2D eigenvalue weighted by molar-refractivity contribution is 7.91. The first-order chi connectivity index (χ1) is 28.8. The Kier molecular flexibility index (Phi) is 11.1. The van der Waals surface area contributed by atoms with Crippen molar-refractivity contribution in [1.29, 1.82) is 0 Å². The summed E-state index contributed by atoms with van der Waals surface area (Å²) in [6.07, 6.45) is 3.02. The summed E-state index contributed by atoms with van der Waals surface area (Å²) < 4.78 is 70.1. The zero-order valence-electron chi connectivity index (χ0n) is 32.6. The number of aromatic nitrogens is 3. The fourth-order valence-corrected chi connectivity index (χ4v) is 12.1. The normalized spacial score (nSPS) is 23.4. The Hall–Kier alpha value is -4.92. The molecule has 0 amide bonds. The van der Waals surface area contributed by atoms with Crippen LogP contribution >= 0.6 is 8.53 Å². The largest absolute Gasteiger partial charge is 0.497 e. The van der Waals surface area contributed by atoms with E-state index in [-0.39, 0.29) is 28.9 Å². The van der Waals surface area contributed by atoms with Crippen molar-refractivity contribution < 1.29 is 36.4 Å². The van der Waals surface area contributed by atoms with Gasteiger partial charge in [0.05, 0.1) is 55.4 Å². The topological polar surface area (TPSA) is 143 Å². The van der Waals surface area contributed by atoms with Crippen molar-refractivity contribution in [3.8, 4) is 11.5 Å². The number of nitrogens with zero attached hydrogens (tertiary/aromatic N) is 3. The Bertz CT molecular complexity index is 2490. The van der Waals surface area contributed by atoms with Gasteiger partial charge in [-0.1, -0.05) is 72.8 Å². The smallest absolute Gasteiger partial charge is 0.260 e. The number of sulfone groups is 1. The van der Waals surface area contributed by atoms with Crippen molar-refractivity contribution in [2.75, 3.05) is 33.1 Å². The molecule has 1 N–H and O–H groups in total. The number of fused-ring (bicyclic) bond motifs is 2. The van der Waals surface area contributed by atoms with Gasteiger partial charge in [-0.25, -0.2) is 18.1 Å². The highest BCUT2D eigenvalue weighted by atomic mass is 32.2. The van der Waals surface area contributed by atoms with Gasteiger partial charge in [0.15, 0.2) is 9.84 Å². The zero-order valence-corrected chi connectivity index (χ0v) is 34.3. The van der Waals surface area contributed by atoms with Crippen molar-refractivity contribution in [1.82, 2.24) is 19.2 Å². The molecule has 9 rings (SSSR count). The number of hydrogen-bond acceptors (Lipinski definition) is 11. The van der Waals surface area contributed by atoms with Crippen molar-refractivity contribution in [3.05, 3.63) is 155 Å². The number of nitrogens with one attached hydrogen (secondary N) is 1. The van der Waals surface area contributed by atoms with Gasteiger partial charge in [-0.15, -0.1) is 0 Å². The van der Waals surface area contributed by atoms with Crippen molar-refractivity contribution in [2.24, 2.45) is 0 Å². The highest BCUT2D eigenvalue weighted by Gasteiger charge is 2.51. The second kappa shape index (κ2) is 16.6. The van der Waals surface area contributed by atoms with Crippen LogP contribution in [0.1, 0.15) is 42.2 Å². The van der Waals surface area contributed by atoms with E-state index in [1.807, 2.05) is 83.4 Å². The van der Waals surface area contributed by atoms with Gasteiger partial charge in [-0.2, -0.15) is 0 Å². The van der Waals surface area contributed by atoms with Gasteiger partial charge in [-0.05, 0) is 72.0 Å². The molecule has 3 saturated heterocycles. The van der Waals surface area contributed by atoms with Crippen molar-refractivity contribution in [3.63, 3.8) is 0 Å². The van der Waals surface area contributed by atoms with E-state index in [0.717, 1.165) is 36.1 Å². The molecule has 2 aromatic heterocycles. The van der Waals surface area contributed by atoms with E-state index in [1.165, 1.54) is 6.33 Å². The number of hydrogen-bond donors (Lipinski definition) is 1. The average Bonchev–Trinajstić information content (AvgIpc) is 4.08. The number of aromatic amines is 1. The van der Waals surface area contributed by atoms with Crippen LogP contribution in [0.5, 0.6) is 11.5 Å². The van der Waals surface area contributed by atoms with Gasteiger partial charge < -0.3 is 37.5 Å². The van der Waals surface area contributed by atoms with E-state index >= 15 is 0 Å². The van der Waals surface area contributed by atoms with Gasteiger partial charge in [0.2, 0.25) is 0 Å². The van der Waals surface area contributed by atoms with E-state index in [2.05, 4.69) is 14.6 Å². The summed E-state index contributed by atoms with van der Waals surface area (Å²) in [6, 6.07) is 35.9. The maximum atomic E-state index is 13.6. The van der Waals surface area contributed by atoms with E-state index in [0.29, 0.717) is 29.0 Å². The molecule has 0 aliphatic carbocycles. The van der Waals surface area contributed by atoms with Gasteiger partial charge >= 0.3 is 0 Å². The molecule has 0 radical (unpaired) electrons. The Labute approximate surface area is 343 Å². The van der Waals surface area contributed by atoms with Gasteiger partial charge in [0, 0.05) is 25.2 Å². The second-order valence-electron chi connectivity index (χ2n) is 14.9. The zero-order chi connectivity index (χ0) is 40.6. The van der Waals surface area contributed by atoms with E-state index in [1.54, 1.807) is 56.8 Å². The molecule has 0 bridgehead atoms. The summed E-state index contributed by atoms with van der Waals surface area (Å²) >= 11 is 0. The van der Waals surface area contributed by atoms with E-state index < -0.39 is 48.5 Å². The first kappa shape index (κ1) is 39.5. The lowest BCUT2D eigenvalue weighted by Crippen LogP contribution is -2.38. The SMILES string of the molecule is COc1ccc(C(OC[C@H]2O[C@@H](n3ccc4c(=O)[nH]cnc43)C[C@@H]2O[P@@]2O[C@H](CS(=O)(=O)c3ccccc3)[C@@H]3CCCN32)(c2ccccc2)c2ccc(OC)cc2)cc1. The molecule has 0 saturated carbocycles. The lowest BCUT2D eigenvalue weighted by molar-refractivity contribution is -0.0905. The molecule has 6 atom stereocenters. The summed E-state index contributed by atoms with van der Waals surface area (Å²) in [5.74, 6) is 1.28. The average molecular weight is 837 g/mol. The first-order valence-electron chi connectivity index (χ1n) is 19.6. The first-order valence-corrected chi connectivity index (χ1v) is 22.4. The van der Waals surface area contributed by atoms with Crippen LogP contribution in [0.4, 0.5) is 0 Å². The van der Waals surface area contributed by atoms with Crippen LogP contribution in [-0.4, -0.2) is 85.1 Å². The Balaban J connectivity index is 1.07. The third-order valence-electron chi connectivity index (χ3n) is 11.5. The van der Waals surface area contributed by atoms with Crippen LogP contribution in [0.25, 0.3) is 11.0 Å². The molecule has 306 valence electrons. The maximum Gasteiger partial charge on any atom is 0.260 e. The molecular formula is C44H45N4O9PS. The Morgan fingerprint density at radius 3 is 2.15 bits per heavy atom. The summed E-state index contributed by atoms with van der Waals surface area (Å²) in [5, 5.41) is 0.446. The quantitative estimate of drug-likeness (QED) is 0.0897. The van der Waals surface area contributed by atoms with Crippen LogP contribution in [0, 0.1) is 0 Å². The second-order valence-corrected chi connectivity index (χ2v) is 18.3. The fraction of sp³-hybridized carbons (Fsp3) is 0.318. The minimum Gasteiger partial charge on any atom is -0.497 e. The minimum absolute atomic E-state index is 0.0831. The standard InChI is InChI=1S/C44H45N4O9PS/c1-52-33-19-15-31(16-20-33)44(30-10-5-3-6-11-30,32-17-21-34(53-2)22-18-32)54-27-39-38(26-41(55-39)47-25-23-36-42(47)45-29-46-43(36)49)56-58-48-24-9-14-37(48)40(57-58)28-59(50,51)35-12-7-4-8-13-35/h3-8,10-13,15-23,25,29,37-41H,9,14,24,26-28H2,1-2H3,(H,45,46,49)/t37-,38-,39+,40+,41+,58-/m0/s1. The monoisotopic (exact) mass is 836 g/mol.